The standard InChI is InChI=1S/C8H14O4/c1-5-6-7(10)8(4-9,12-5)2-3-11-6/h5-7,9-10H,2-4H2,1H3/t5-,6+,7?,8+/m0/s1. The number of fused-ring (bicyclic) bond motifs is 2. The van der Waals surface area contributed by atoms with Gasteiger partial charge in [-0.1, -0.05) is 0 Å². The van der Waals surface area contributed by atoms with Gasteiger partial charge in [-0.2, -0.15) is 0 Å². The van der Waals surface area contributed by atoms with Gasteiger partial charge in [-0.25, -0.2) is 0 Å². The molecule has 0 aromatic carbocycles. The highest BCUT2D eigenvalue weighted by molar-refractivity contribution is 5.04. The third kappa shape index (κ3) is 0.925. The zero-order valence-electron chi connectivity index (χ0n) is 7.06. The van der Waals surface area contributed by atoms with E-state index in [9.17, 15) is 5.11 Å². The lowest BCUT2D eigenvalue weighted by molar-refractivity contribution is -0.139. The van der Waals surface area contributed by atoms with Gasteiger partial charge in [0.25, 0.3) is 0 Å². The molecule has 4 heteroatoms. The molecule has 0 spiro atoms. The van der Waals surface area contributed by atoms with Gasteiger partial charge in [-0.05, 0) is 6.92 Å². The van der Waals surface area contributed by atoms with Crippen molar-refractivity contribution in [3.05, 3.63) is 0 Å². The van der Waals surface area contributed by atoms with Crippen LogP contribution < -0.4 is 0 Å². The van der Waals surface area contributed by atoms with Gasteiger partial charge < -0.3 is 19.7 Å². The third-order valence-electron chi connectivity index (χ3n) is 2.84. The highest BCUT2D eigenvalue weighted by Crippen LogP contribution is 2.38. The monoisotopic (exact) mass is 174 g/mol. The maximum Gasteiger partial charge on any atom is 0.122 e. The molecule has 0 aliphatic carbocycles. The average Bonchev–Trinajstić information content (AvgIpc) is 2.23. The molecule has 4 atom stereocenters. The van der Waals surface area contributed by atoms with Crippen LogP contribution in [0, 0.1) is 0 Å². The summed E-state index contributed by atoms with van der Waals surface area (Å²) in [6, 6.07) is 0. The highest BCUT2D eigenvalue weighted by Gasteiger charge is 2.55. The second-order valence-corrected chi connectivity index (χ2v) is 3.58. The van der Waals surface area contributed by atoms with E-state index in [2.05, 4.69) is 0 Å². The van der Waals surface area contributed by atoms with Crippen molar-refractivity contribution in [2.75, 3.05) is 13.2 Å². The van der Waals surface area contributed by atoms with E-state index < -0.39 is 11.7 Å². The van der Waals surface area contributed by atoms with Crippen molar-refractivity contribution in [3.63, 3.8) is 0 Å². The van der Waals surface area contributed by atoms with Crippen molar-refractivity contribution in [1.82, 2.24) is 0 Å². The summed E-state index contributed by atoms with van der Waals surface area (Å²) in [5.74, 6) is 0. The molecule has 70 valence electrons. The maximum absolute atomic E-state index is 9.72. The number of ether oxygens (including phenoxy) is 2. The molecule has 2 bridgehead atoms. The van der Waals surface area contributed by atoms with E-state index in [-0.39, 0.29) is 18.8 Å². The normalized spacial score (nSPS) is 52.8. The van der Waals surface area contributed by atoms with Gasteiger partial charge in [-0.15, -0.1) is 0 Å². The molecule has 2 rings (SSSR count). The van der Waals surface area contributed by atoms with Crippen LogP contribution in [0.1, 0.15) is 13.3 Å². The van der Waals surface area contributed by atoms with Crippen molar-refractivity contribution in [1.29, 1.82) is 0 Å². The molecule has 1 unspecified atom stereocenters. The second kappa shape index (κ2) is 2.67. The Morgan fingerprint density at radius 3 is 2.92 bits per heavy atom. The van der Waals surface area contributed by atoms with Gasteiger partial charge in [-0.3, -0.25) is 0 Å². The van der Waals surface area contributed by atoms with Crippen molar-refractivity contribution < 1.29 is 19.7 Å². The molecular weight excluding hydrogens is 160 g/mol. The molecule has 0 amide bonds. The van der Waals surface area contributed by atoms with E-state index in [1.807, 2.05) is 6.92 Å². The fraction of sp³-hybridized carbons (Fsp3) is 1.00. The second-order valence-electron chi connectivity index (χ2n) is 3.58. The molecule has 2 aliphatic heterocycles. The first kappa shape index (κ1) is 8.44. The Kier molecular flexibility index (Phi) is 1.88. The van der Waals surface area contributed by atoms with Crippen LogP contribution in [-0.2, 0) is 9.47 Å². The molecule has 4 nitrogen and oxygen atoms in total. The summed E-state index contributed by atoms with van der Waals surface area (Å²) in [5.41, 5.74) is -0.748. The highest BCUT2D eigenvalue weighted by atomic mass is 16.6. The summed E-state index contributed by atoms with van der Waals surface area (Å²) in [6.45, 7) is 2.29. The van der Waals surface area contributed by atoms with E-state index in [4.69, 9.17) is 14.6 Å². The van der Waals surface area contributed by atoms with Crippen LogP contribution >= 0.6 is 0 Å². The third-order valence-corrected chi connectivity index (χ3v) is 2.84. The summed E-state index contributed by atoms with van der Waals surface area (Å²) in [6.07, 6.45) is -0.474. The number of hydrogen-bond acceptors (Lipinski definition) is 4. The molecule has 0 saturated carbocycles. The van der Waals surface area contributed by atoms with Crippen LogP contribution in [0.25, 0.3) is 0 Å². The van der Waals surface area contributed by atoms with E-state index in [0.717, 1.165) is 0 Å². The lowest BCUT2D eigenvalue weighted by Gasteiger charge is -2.34. The smallest absolute Gasteiger partial charge is 0.122 e. The predicted octanol–water partition coefficient (Wildman–Crippen LogP) is -0.714. The summed E-state index contributed by atoms with van der Waals surface area (Å²) in [7, 11) is 0. The van der Waals surface area contributed by atoms with Crippen LogP contribution in [0.5, 0.6) is 0 Å². The number of aliphatic hydroxyl groups is 2. The van der Waals surface area contributed by atoms with Gasteiger partial charge in [0, 0.05) is 6.42 Å². The summed E-state index contributed by atoms with van der Waals surface area (Å²) in [4.78, 5) is 0. The first-order chi connectivity index (χ1) is 5.69. The van der Waals surface area contributed by atoms with Crippen LogP contribution in [0.3, 0.4) is 0 Å². The van der Waals surface area contributed by atoms with Crippen LogP contribution in [-0.4, -0.2) is 47.3 Å². The molecule has 2 fully saturated rings. The summed E-state index contributed by atoms with van der Waals surface area (Å²) in [5, 5.41) is 18.8. The van der Waals surface area contributed by atoms with Crippen molar-refractivity contribution in [3.8, 4) is 0 Å². The minimum atomic E-state index is -0.748. The molecule has 12 heavy (non-hydrogen) atoms. The Bertz CT molecular complexity index is 184. The van der Waals surface area contributed by atoms with Crippen LogP contribution in [0.4, 0.5) is 0 Å². The zero-order chi connectivity index (χ0) is 8.77. The first-order valence-corrected chi connectivity index (χ1v) is 4.28. The summed E-state index contributed by atoms with van der Waals surface area (Å²) >= 11 is 0. The fourth-order valence-electron chi connectivity index (χ4n) is 2.07. The minimum Gasteiger partial charge on any atom is -0.393 e. The minimum absolute atomic E-state index is 0.116. The maximum atomic E-state index is 9.72. The van der Waals surface area contributed by atoms with Crippen molar-refractivity contribution in [2.24, 2.45) is 0 Å². The van der Waals surface area contributed by atoms with Gasteiger partial charge in [0.15, 0.2) is 0 Å². The Hall–Kier alpha value is -0.160. The molecule has 2 N–H and O–H groups in total. The lowest BCUT2D eigenvalue weighted by atomic mass is 9.90. The van der Waals surface area contributed by atoms with E-state index in [1.165, 1.54) is 0 Å². The van der Waals surface area contributed by atoms with Gasteiger partial charge in [0.05, 0.1) is 19.3 Å². The molecule has 2 aliphatic rings. The Labute approximate surface area is 71.1 Å². The van der Waals surface area contributed by atoms with E-state index >= 15 is 0 Å². The number of rotatable bonds is 1. The number of hydrogen-bond donors (Lipinski definition) is 2. The fourth-order valence-corrected chi connectivity index (χ4v) is 2.07. The van der Waals surface area contributed by atoms with Gasteiger partial charge >= 0.3 is 0 Å². The molecule has 0 aromatic rings. The van der Waals surface area contributed by atoms with Crippen LogP contribution in [0.2, 0.25) is 0 Å². The zero-order valence-corrected chi connectivity index (χ0v) is 7.06. The van der Waals surface area contributed by atoms with Crippen molar-refractivity contribution >= 4 is 0 Å². The lowest BCUT2D eigenvalue weighted by Crippen LogP contribution is -2.51. The molecule has 0 aromatic heterocycles. The Balaban J connectivity index is 2.24. The largest absolute Gasteiger partial charge is 0.393 e. The van der Waals surface area contributed by atoms with Crippen LogP contribution in [0.15, 0.2) is 0 Å². The number of aliphatic hydroxyl groups excluding tert-OH is 2. The van der Waals surface area contributed by atoms with Gasteiger partial charge in [0.1, 0.15) is 17.8 Å². The average molecular weight is 174 g/mol. The van der Waals surface area contributed by atoms with E-state index in [0.29, 0.717) is 13.0 Å². The Morgan fingerprint density at radius 2 is 2.33 bits per heavy atom. The molecule has 2 heterocycles. The quantitative estimate of drug-likeness (QED) is 0.551. The van der Waals surface area contributed by atoms with Crippen molar-refractivity contribution in [2.45, 2.75) is 37.3 Å². The topological polar surface area (TPSA) is 58.9 Å². The summed E-state index contributed by atoms with van der Waals surface area (Å²) < 4.78 is 10.8. The SMILES string of the molecule is C[C@@H]1O[C@@]2(CO)CCO[C@H]1C2O. The van der Waals surface area contributed by atoms with Gasteiger partial charge in [0.2, 0.25) is 0 Å². The van der Waals surface area contributed by atoms with E-state index in [1.54, 1.807) is 0 Å². The predicted molar refractivity (Wildman–Crippen MR) is 40.7 cm³/mol. The molecule has 2 saturated heterocycles. The molecule has 0 radical (unpaired) electrons. The first-order valence-electron chi connectivity index (χ1n) is 4.28. The molecular formula is C8H14O4. The Morgan fingerprint density at radius 1 is 1.58 bits per heavy atom.